The van der Waals surface area contributed by atoms with E-state index in [0.29, 0.717) is 13.1 Å². The predicted molar refractivity (Wildman–Crippen MR) is 174 cm³/mol. The molecular weight excluding hydrogens is 564 g/mol. The van der Waals surface area contributed by atoms with Crippen LogP contribution in [0.1, 0.15) is 51.9 Å². The summed E-state index contributed by atoms with van der Waals surface area (Å²) in [6.45, 7) is 3.31. The van der Waals surface area contributed by atoms with Gasteiger partial charge in [0.25, 0.3) is 0 Å². The average Bonchev–Trinajstić information content (AvgIpc) is 3.40. The Balaban J connectivity index is 1.40. The molecule has 9 heteroatoms. The van der Waals surface area contributed by atoms with Gasteiger partial charge in [0.1, 0.15) is 11.6 Å². The number of anilines is 1. The van der Waals surface area contributed by atoms with Crippen molar-refractivity contribution < 1.29 is 13.6 Å². The zero-order chi connectivity index (χ0) is 30.4. The van der Waals surface area contributed by atoms with E-state index in [9.17, 15) is 13.6 Å². The molecule has 2 N–H and O–H groups in total. The molecule has 0 spiro atoms. The highest BCUT2D eigenvalue weighted by Gasteiger charge is 2.20. The topological polar surface area (TPSA) is 62.2 Å². The smallest absolute Gasteiger partial charge is 0.321 e. The molecule has 0 bridgehead atoms. The number of nitrogens with one attached hydrogen (secondary N) is 2. The number of aromatic nitrogens is 2. The van der Waals surface area contributed by atoms with Crippen LogP contribution in [-0.4, -0.2) is 46.5 Å². The number of nitrogens with zero attached hydrogens (tertiary/aromatic N) is 3. The number of urea groups is 1. The van der Waals surface area contributed by atoms with E-state index < -0.39 is 11.6 Å². The molecule has 0 fully saturated rings. The molecule has 0 unspecified atom stereocenters. The van der Waals surface area contributed by atoms with Crippen molar-refractivity contribution in [3.63, 3.8) is 0 Å². The summed E-state index contributed by atoms with van der Waals surface area (Å²) in [4.78, 5) is 19.9. The van der Waals surface area contributed by atoms with E-state index in [1.54, 1.807) is 16.7 Å². The van der Waals surface area contributed by atoms with Gasteiger partial charge in [-0.15, -0.1) is 0 Å². The zero-order valence-electron chi connectivity index (χ0n) is 25.0. The van der Waals surface area contributed by atoms with Gasteiger partial charge in [-0.2, -0.15) is 0 Å². The average molecular weight is 606 g/mol. The van der Waals surface area contributed by atoms with Crippen molar-refractivity contribution in [3.8, 4) is 22.5 Å². The lowest BCUT2D eigenvalue weighted by Gasteiger charge is -2.23. The Morgan fingerprint density at radius 2 is 1.51 bits per heavy atom. The third-order valence-corrected chi connectivity index (χ3v) is 8.23. The number of benzene rings is 3. The number of hydrogen-bond acceptors (Lipinski definition) is 4. The summed E-state index contributed by atoms with van der Waals surface area (Å²) in [7, 11) is 1.90. The summed E-state index contributed by atoms with van der Waals surface area (Å²) in [5.41, 5.74) is 7.36. The maximum atomic E-state index is 14.2. The summed E-state index contributed by atoms with van der Waals surface area (Å²) < 4.78 is 29.6. The zero-order valence-corrected chi connectivity index (χ0v) is 25.8. The molecule has 3 aromatic carbocycles. The highest BCUT2D eigenvalue weighted by atomic mass is 32.2. The summed E-state index contributed by atoms with van der Waals surface area (Å²) in [5.74, 6) is -0.636. The number of halogens is 2. The number of unbranched alkanes of at least 4 members (excludes halogenated alkanes) is 5. The van der Waals surface area contributed by atoms with Crippen LogP contribution in [0.3, 0.4) is 0 Å². The van der Waals surface area contributed by atoms with Crippen LogP contribution in [-0.2, 0) is 0 Å². The number of imidazole rings is 1. The number of rotatable bonds is 16. The van der Waals surface area contributed by atoms with E-state index in [0.717, 1.165) is 84.1 Å². The van der Waals surface area contributed by atoms with Crippen LogP contribution in [0.2, 0.25) is 0 Å². The van der Waals surface area contributed by atoms with Gasteiger partial charge >= 0.3 is 6.03 Å². The molecule has 6 nitrogen and oxygen atoms in total. The second-order valence-electron chi connectivity index (χ2n) is 10.4. The molecule has 2 amide bonds. The van der Waals surface area contributed by atoms with Gasteiger partial charge in [-0.25, -0.2) is 23.2 Å². The molecule has 0 saturated carbocycles. The van der Waals surface area contributed by atoms with Gasteiger partial charge in [-0.3, -0.25) is 0 Å². The van der Waals surface area contributed by atoms with Crippen LogP contribution < -0.4 is 10.7 Å². The Bertz CT molecular complexity index is 1430. The molecule has 228 valence electrons. The first-order valence-corrected chi connectivity index (χ1v) is 16.1. The number of carbonyl (C=O) groups excluding carboxylic acids is 1. The highest BCUT2D eigenvalue weighted by molar-refractivity contribution is 7.99. The molecule has 0 radical (unpaired) electrons. The van der Waals surface area contributed by atoms with E-state index in [4.69, 9.17) is 4.98 Å². The first-order chi connectivity index (χ1) is 21.0. The third-order valence-electron chi connectivity index (χ3n) is 7.21. The molecular formula is C34H41F2N5OS. The summed E-state index contributed by atoms with van der Waals surface area (Å²) in [5, 5.41) is 3.50. The molecule has 0 atom stereocenters. The van der Waals surface area contributed by atoms with E-state index in [1.807, 2.05) is 48.1 Å². The molecule has 4 rings (SSSR count). The number of carbonyl (C=O) groups is 1. The number of thioether (sulfide) groups is 1. The van der Waals surface area contributed by atoms with E-state index >= 15 is 0 Å². The molecule has 1 heterocycles. The lowest BCUT2D eigenvalue weighted by atomic mass is 10.1. The predicted octanol–water partition coefficient (Wildman–Crippen LogP) is 9.05. The summed E-state index contributed by atoms with van der Waals surface area (Å²) in [6, 6.07) is 23.2. The van der Waals surface area contributed by atoms with E-state index in [-0.39, 0.29) is 11.7 Å². The Hall–Kier alpha value is -3.85. The normalized spacial score (nSPS) is 11.0. The van der Waals surface area contributed by atoms with Crippen molar-refractivity contribution in [2.45, 2.75) is 57.0 Å². The monoisotopic (exact) mass is 605 g/mol. The fourth-order valence-electron chi connectivity index (χ4n) is 4.94. The standard InChI is InChI=1S/C34H41F2N5OS/c1-3-4-5-6-13-22-40(33(42)38-30-21-20-28(35)25-29(30)36)23-14-15-24-43-34-39-31(26-16-9-7-10-17-26)32(41(34)37-2)27-18-11-8-12-19-27/h7-12,16-21,25,37H,3-6,13-15,22-24H2,1-2H3,(H,38,42). The second kappa shape index (κ2) is 16.7. The van der Waals surface area contributed by atoms with Gasteiger partial charge < -0.3 is 15.6 Å². The quantitative estimate of drug-likeness (QED) is 0.0988. The summed E-state index contributed by atoms with van der Waals surface area (Å²) in [6.07, 6.45) is 7.04. The molecule has 1 aromatic heterocycles. The molecule has 0 saturated heterocycles. The Kier molecular flexibility index (Phi) is 12.5. The second-order valence-corrected chi connectivity index (χ2v) is 11.5. The molecule has 4 aromatic rings. The van der Waals surface area contributed by atoms with Gasteiger partial charge in [-0.05, 0) is 31.4 Å². The lowest BCUT2D eigenvalue weighted by molar-refractivity contribution is 0.209. The molecule has 0 aliphatic heterocycles. The fourth-order valence-corrected chi connectivity index (χ4v) is 5.94. The van der Waals surface area contributed by atoms with Crippen LogP contribution in [0.4, 0.5) is 19.3 Å². The minimum atomic E-state index is -0.780. The largest absolute Gasteiger partial charge is 0.327 e. The van der Waals surface area contributed by atoms with Crippen molar-refractivity contribution in [2.75, 3.05) is 36.6 Å². The van der Waals surface area contributed by atoms with Crippen molar-refractivity contribution in [2.24, 2.45) is 0 Å². The fraction of sp³-hybridized carbons (Fsp3) is 0.353. The Labute approximate surface area is 257 Å². The first kappa shape index (κ1) is 32.1. The Morgan fingerprint density at radius 3 is 2.16 bits per heavy atom. The van der Waals surface area contributed by atoms with Crippen LogP contribution >= 0.6 is 11.8 Å². The maximum absolute atomic E-state index is 14.2. The van der Waals surface area contributed by atoms with Gasteiger partial charge in [0, 0.05) is 43.1 Å². The van der Waals surface area contributed by atoms with Crippen molar-refractivity contribution in [1.82, 2.24) is 14.6 Å². The molecule has 0 aliphatic carbocycles. The van der Waals surface area contributed by atoms with Crippen LogP contribution in [0.25, 0.3) is 22.5 Å². The molecule has 0 aliphatic rings. The van der Waals surface area contributed by atoms with Gasteiger partial charge in [-0.1, -0.05) is 105 Å². The minimum Gasteiger partial charge on any atom is -0.327 e. The number of hydrogen-bond donors (Lipinski definition) is 2. The van der Waals surface area contributed by atoms with Crippen molar-refractivity contribution in [3.05, 3.63) is 90.5 Å². The lowest BCUT2D eigenvalue weighted by Crippen LogP contribution is -2.36. The summed E-state index contributed by atoms with van der Waals surface area (Å²) >= 11 is 1.67. The third kappa shape index (κ3) is 9.07. The number of amides is 2. The van der Waals surface area contributed by atoms with Gasteiger partial charge in [0.05, 0.1) is 17.1 Å². The minimum absolute atomic E-state index is 0.0136. The van der Waals surface area contributed by atoms with Crippen molar-refractivity contribution >= 4 is 23.5 Å². The highest BCUT2D eigenvalue weighted by Crippen LogP contribution is 2.35. The SMILES string of the molecule is CCCCCCCN(CCCCSc1nc(-c2ccccc2)c(-c2ccccc2)n1NC)C(=O)Nc1ccc(F)cc1F. The van der Waals surface area contributed by atoms with E-state index in [1.165, 1.54) is 12.5 Å². The van der Waals surface area contributed by atoms with Crippen LogP contribution in [0, 0.1) is 11.6 Å². The van der Waals surface area contributed by atoms with Crippen molar-refractivity contribution in [1.29, 1.82) is 0 Å². The maximum Gasteiger partial charge on any atom is 0.321 e. The van der Waals surface area contributed by atoms with E-state index in [2.05, 4.69) is 41.9 Å². The van der Waals surface area contributed by atoms with Crippen LogP contribution in [0.15, 0.2) is 84.0 Å². The van der Waals surface area contributed by atoms with Gasteiger partial charge in [0.15, 0.2) is 5.16 Å². The first-order valence-electron chi connectivity index (χ1n) is 15.1. The Morgan fingerprint density at radius 1 is 0.860 bits per heavy atom. The van der Waals surface area contributed by atoms with Gasteiger partial charge in [0.2, 0.25) is 0 Å². The molecule has 43 heavy (non-hydrogen) atoms. The van der Waals surface area contributed by atoms with Crippen LogP contribution in [0.5, 0.6) is 0 Å².